The Balaban J connectivity index is 2.21. The van der Waals surface area contributed by atoms with Crippen molar-refractivity contribution in [2.45, 2.75) is 25.9 Å². The van der Waals surface area contributed by atoms with Crippen molar-refractivity contribution < 1.29 is 4.39 Å². The molecule has 2 heterocycles. The number of anilines is 1. The monoisotopic (exact) mass is 367 g/mol. The highest BCUT2D eigenvalue weighted by atomic mass is 35.5. The van der Waals surface area contributed by atoms with Crippen LogP contribution >= 0.6 is 23.2 Å². The van der Waals surface area contributed by atoms with Crippen LogP contribution < -0.4 is 10.5 Å². The van der Waals surface area contributed by atoms with E-state index in [2.05, 4.69) is 5.92 Å². The van der Waals surface area contributed by atoms with Gasteiger partial charge in [0.2, 0.25) is 0 Å². The molecule has 24 heavy (non-hydrogen) atoms. The van der Waals surface area contributed by atoms with Gasteiger partial charge in [0.15, 0.2) is 0 Å². The highest BCUT2D eigenvalue weighted by Crippen LogP contribution is 2.35. The van der Waals surface area contributed by atoms with Gasteiger partial charge >= 0.3 is 0 Å². The first-order valence-electron chi connectivity index (χ1n) is 7.58. The first-order valence-corrected chi connectivity index (χ1v) is 8.34. The summed E-state index contributed by atoms with van der Waals surface area (Å²) in [5, 5.41) is 0.487. The molecule has 0 radical (unpaired) electrons. The number of hydrogen-bond acceptors (Lipinski definition) is 2. The number of aromatic nitrogens is 2. The second kappa shape index (κ2) is 6.54. The molecule has 0 saturated heterocycles. The molecule has 0 amide bonds. The van der Waals surface area contributed by atoms with Crippen LogP contribution in [0, 0.1) is 18.2 Å². The van der Waals surface area contributed by atoms with Gasteiger partial charge < -0.3 is 4.90 Å². The van der Waals surface area contributed by atoms with Gasteiger partial charge in [-0.15, -0.1) is 6.42 Å². The second-order valence-corrected chi connectivity index (χ2v) is 6.53. The van der Waals surface area contributed by atoms with Crippen LogP contribution in [-0.2, 0) is 13.1 Å². The molecule has 0 fully saturated rings. The summed E-state index contributed by atoms with van der Waals surface area (Å²) < 4.78 is 17.8. The minimum Gasteiger partial charge on any atom is -0.362 e. The summed E-state index contributed by atoms with van der Waals surface area (Å²) >= 11 is 12.5. The molecule has 1 aliphatic heterocycles. The Morgan fingerprint density at radius 2 is 1.96 bits per heavy atom. The molecule has 0 saturated carbocycles. The largest absolute Gasteiger partial charge is 0.362 e. The zero-order chi connectivity index (χ0) is 17.4. The Morgan fingerprint density at radius 3 is 2.58 bits per heavy atom. The molecule has 2 aromatic rings. The maximum Gasteiger partial charge on any atom is 0.276 e. The lowest BCUT2D eigenvalue weighted by Gasteiger charge is -2.19. The summed E-state index contributed by atoms with van der Waals surface area (Å²) in [7, 11) is 1.75. The quantitative estimate of drug-likeness (QED) is 0.775. The van der Waals surface area contributed by atoms with Crippen molar-refractivity contribution in [3.8, 4) is 23.5 Å². The van der Waals surface area contributed by atoms with Crippen molar-refractivity contribution in [2.75, 3.05) is 18.5 Å². The predicted molar refractivity (Wildman–Crippen MR) is 95.4 cm³/mol. The van der Waals surface area contributed by atoms with E-state index in [9.17, 15) is 9.18 Å². The van der Waals surface area contributed by atoms with Crippen LogP contribution in [0.2, 0.25) is 10.2 Å². The van der Waals surface area contributed by atoms with Gasteiger partial charge in [0.1, 0.15) is 11.0 Å². The molecule has 0 unspecified atom stereocenters. The smallest absolute Gasteiger partial charge is 0.276 e. The van der Waals surface area contributed by atoms with Crippen LogP contribution in [0.15, 0.2) is 16.9 Å². The lowest BCUT2D eigenvalue weighted by Crippen LogP contribution is -2.27. The summed E-state index contributed by atoms with van der Waals surface area (Å²) in [5.41, 5.74) is 0.577. The standard InChI is InChI=1S/C17H16Cl2FN3O/c1-3-6-21(2)14-9-11(13(20)10-12(14)18)15-16(19)22-7-4-5-8-23(22)17(15)24/h1,9-10H,4-8H2,2H3. The summed E-state index contributed by atoms with van der Waals surface area (Å²) in [6.45, 7) is 1.54. The van der Waals surface area contributed by atoms with Gasteiger partial charge in [-0.3, -0.25) is 9.48 Å². The van der Waals surface area contributed by atoms with Gasteiger partial charge in [-0.2, -0.15) is 0 Å². The minimum atomic E-state index is -0.583. The Kier molecular flexibility index (Phi) is 4.62. The summed E-state index contributed by atoms with van der Waals surface area (Å²) in [4.78, 5) is 14.4. The van der Waals surface area contributed by atoms with Crippen molar-refractivity contribution in [3.63, 3.8) is 0 Å². The van der Waals surface area contributed by atoms with Crippen LogP contribution in [0.5, 0.6) is 0 Å². The Labute approximate surface area is 149 Å². The SMILES string of the molecule is C#CCN(C)c1cc(-c2c(Cl)n3n(c2=O)CCCC3)c(F)cc1Cl. The zero-order valence-corrected chi connectivity index (χ0v) is 14.7. The van der Waals surface area contributed by atoms with Crippen LogP contribution in [0.25, 0.3) is 11.1 Å². The Morgan fingerprint density at radius 1 is 1.29 bits per heavy atom. The van der Waals surface area contributed by atoms with Gasteiger partial charge in [-0.1, -0.05) is 29.1 Å². The second-order valence-electron chi connectivity index (χ2n) is 5.77. The number of fused-ring (bicyclic) bond motifs is 1. The van der Waals surface area contributed by atoms with Gasteiger partial charge in [0.25, 0.3) is 5.56 Å². The highest BCUT2D eigenvalue weighted by Gasteiger charge is 2.25. The molecule has 0 bridgehead atoms. The van der Waals surface area contributed by atoms with Gasteiger partial charge in [0, 0.05) is 25.7 Å². The van der Waals surface area contributed by atoms with E-state index in [0.717, 1.165) is 12.8 Å². The molecular formula is C17H16Cl2FN3O. The molecule has 0 N–H and O–H groups in total. The van der Waals surface area contributed by atoms with Crippen LogP contribution in [0.4, 0.5) is 10.1 Å². The van der Waals surface area contributed by atoms with E-state index in [1.165, 1.54) is 12.1 Å². The van der Waals surface area contributed by atoms with E-state index in [1.807, 2.05) is 0 Å². The van der Waals surface area contributed by atoms with Crippen molar-refractivity contribution >= 4 is 28.9 Å². The molecule has 3 rings (SSSR count). The fourth-order valence-corrected chi connectivity index (χ4v) is 3.65. The van der Waals surface area contributed by atoms with Gasteiger partial charge in [-0.05, 0) is 25.0 Å². The third-order valence-corrected chi connectivity index (χ3v) is 4.89. The number of rotatable bonds is 3. The fraction of sp³-hybridized carbons (Fsp3) is 0.353. The van der Waals surface area contributed by atoms with Gasteiger partial charge in [0.05, 0.1) is 22.8 Å². The normalized spacial score (nSPS) is 13.5. The van der Waals surface area contributed by atoms with Crippen molar-refractivity contribution in [3.05, 3.63) is 38.5 Å². The molecule has 1 aromatic carbocycles. The van der Waals surface area contributed by atoms with Crippen LogP contribution in [0.1, 0.15) is 12.8 Å². The average molecular weight is 368 g/mol. The molecule has 1 aromatic heterocycles. The van der Waals surface area contributed by atoms with E-state index in [0.29, 0.717) is 25.3 Å². The van der Waals surface area contributed by atoms with E-state index >= 15 is 0 Å². The fourth-order valence-electron chi connectivity index (χ4n) is 3.00. The Bertz CT molecular complexity index is 895. The van der Waals surface area contributed by atoms with E-state index in [1.54, 1.807) is 21.3 Å². The van der Waals surface area contributed by atoms with Crippen LogP contribution in [-0.4, -0.2) is 23.0 Å². The third kappa shape index (κ3) is 2.70. The van der Waals surface area contributed by atoms with E-state index in [-0.39, 0.29) is 26.9 Å². The van der Waals surface area contributed by atoms with Gasteiger partial charge in [-0.25, -0.2) is 9.07 Å². The van der Waals surface area contributed by atoms with Crippen molar-refractivity contribution in [1.82, 2.24) is 9.36 Å². The lowest BCUT2D eigenvalue weighted by molar-refractivity contribution is 0.356. The predicted octanol–water partition coefficient (Wildman–Crippen LogP) is 3.63. The minimum absolute atomic E-state index is 0.141. The van der Waals surface area contributed by atoms with Crippen molar-refractivity contribution in [2.24, 2.45) is 0 Å². The molecule has 4 nitrogen and oxygen atoms in total. The molecule has 0 aliphatic carbocycles. The number of terminal acetylenes is 1. The average Bonchev–Trinajstić information content (AvgIpc) is 2.80. The van der Waals surface area contributed by atoms with Crippen LogP contribution in [0.3, 0.4) is 0 Å². The molecule has 1 aliphatic rings. The molecule has 126 valence electrons. The Hall–Kier alpha value is -1.90. The number of halogens is 3. The first kappa shape index (κ1) is 16.9. The number of hydrogen-bond donors (Lipinski definition) is 0. The molecule has 0 atom stereocenters. The summed E-state index contributed by atoms with van der Waals surface area (Å²) in [6, 6.07) is 2.72. The molecular weight excluding hydrogens is 352 g/mol. The topological polar surface area (TPSA) is 30.2 Å². The maximum absolute atomic E-state index is 14.5. The van der Waals surface area contributed by atoms with E-state index in [4.69, 9.17) is 29.6 Å². The molecule has 0 spiro atoms. The summed E-state index contributed by atoms with van der Waals surface area (Å²) in [5.74, 6) is 1.92. The van der Waals surface area contributed by atoms with E-state index < -0.39 is 5.82 Å². The maximum atomic E-state index is 14.5. The number of nitrogens with zero attached hydrogens (tertiary/aromatic N) is 3. The first-order chi connectivity index (χ1) is 11.5. The summed E-state index contributed by atoms with van der Waals surface area (Å²) in [6.07, 6.45) is 7.16. The van der Waals surface area contributed by atoms with Crippen molar-refractivity contribution in [1.29, 1.82) is 0 Å². The highest BCUT2D eigenvalue weighted by molar-refractivity contribution is 6.34. The number of benzene rings is 1. The third-order valence-electron chi connectivity index (χ3n) is 4.21. The molecule has 7 heteroatoms. The zero-order valence-electron chi connectivity index (χ0n) is 13.2. The lowest BCUT2D eigenvalue weighted by atomic mass is 10.1.